The van der Waals surface area contributed by atoms with Gasteiger partial charge in [-0.25, -0.2) is 0 Å². The van der Waals surface area contributed by atoms with Gasteiger partial charge in [-0.3, -0.25) is 4.57 Å². The summed E-state index contributed by atoms with van der Waals surface area (Å²) >= 11 is 8.09. The van der Waals surface area contributed by atoms with E-state index in [1.54, 1.807) is 18.9 Å². The highest BCUT2D eigenvalue weighted by molar-refractivity contribution is 7.99. The Labute approximate surface area is 167 Å². The highest BCUT2D eigenvalue weighted by Gasteiger charge is 2.21. The zero-order valence-corrected chi connectivity index (χ0v) is 16.5. The first kappa shape index (κ1) is 18.3. The number of methoxy groups -OCH3 is 1. The van der Waals surface area contributed by atoms with Gasteiger partial charge in [0.15, 0.2) is 11.0 Å². The Kier molecular flexibility index (Phi) is 5.66. The number of halogens is 1. The summed E-state index contributed by atoms with van der Waals surface area (Å²) < 4.78 is 13.1. The molecule has 5 nitrogen and oxygen atoms in total. The van der Waals surface area contributed by atoms with Crippen molar-refractivity contribution in [1.82, 2.24) is 14.8 Å². The predicted octanol–water partition coefficient (Wildman–Crippen LogP) is 4.87. The lowest BCUT2D eigenvalue weighted by atomic mass is 10.2. The molecule has 0 saturated carbocycles. The third kappa shape index (κ3) is 3.98. The van der Waals surface area contributed by atoms with Gasteiger partial charge in [0.2, 0.25) is 0 Å². The van der Waals surface area contributed by atoms with Crippen molar-refractivity contribution in [2.45, 2.75) is 24.1 Å². The lowest BCUT2D eigenvalue weighted by Crippen LogP contribution is -2.09. The van der Waals surface area contributed by atoms with Crippen LogP contribution in [0.5, 0.6) is 5.75 Å². The van der Waals surface area contributed by atoms with E-state index in [9.17, 15) is 0 Å². The molecule has 4 rings (SSSR count). The summed E-state index contributed by atoms with van der Waals surface area (Å²) in [5.41, 5.74) is 1.82. The SMILES string of the molecule is COc1ccc(-n2c(SC[C@H]3CCCO3)nnc2-c2ccccc2Cl)cc1. The fraction of sp³-hybridized carbons (Fsp3) is 0.300. The number of aromatic nitrogens is 3. The van der Waals surface area contributed by atoms with Crippen molar-refractivity contribution in [3.8, 4) is 22.8 Å². The van der Waals surface area contributed by atoms with Gasteiger partial charge in [-0.15, -0.1) is 10.2 Å². The van der Waals surface area contributed by atoms with Gasteiger partial charge in [-0.2, -0.15) is 0 Å². The molecule has 7 heteroatoms. The van der Waals surface area contributed by atoms with Crippen molar-refractivity contribution in [3.63, 3.8) is 0 Å². The van der Waals surface area contributed by atoms with Gasteiger partial charge >= 0.3 is 0 Å². The number of benzene rings is 2. The number of hydrogen-bond acceptors (Lipinski definition) is 5. The molecule has 0 spiro atoms. The number of ether oxygens (including phenoxy) is 2. The molecule has 0 amide bonds. The number of nitrogens with zero attached hydrogens (tertiary/aromatic N) is 3. The maximum Gasteiger partial charge on any atom is 0.196 e. The normalized spacial score (nSPS) is 16.6. The van der Waals surface area contributed by atoms with E-state index in [0.29, 0.717) is 5.02 Å². The van der Waals surface area contributed by atoms with Gasteiger partial charge in [-0.1, -0.05) is 35.5 Å². The molecule has 140 valence electrons. The second-order valence-corrected chi connectivity index (χ2v) is 7.66. The minimum atomic E-state index is 0.278. The molecule has 1 aromatic heterocycles. The van der Waals surface area contributed by atoms with E-state index in [1.807, 2.05) is 53.1 Å². The Balaban J connectivity index is 1.73. The van der Waals surface area contributed by atoms with Crippen LogP contribution in [-0.4, -0.2) is 40.3 Å². The van der Waals surface area contributed by atoms with Crippen LogP contribution in [0.1, 0.15) is 12.8 Å². The first-order valence-corrected chi connectivity index (χ1v) is 10.2. The molecular formula is C20H20ClN3O2S. The summed E-state index contributed by atoms with van der Waals surface area (Å²) in [4.78, 5) is 0. The van der Waals surface area contributed by atoms with Gasteiger partial charge in [-0.05, 0) is 49.2 Å². The maximum absolute atomic E-state index is 6.43. The van der Waals surface area contributed by atoms with Gasteiger partial charge in [0, 0.05) is 23.6 Å². The van der Waals surface area contributed by atoms with E-state index in [0.717, 1.165) is 53.2 Å². The van der Waals surface area contributed by atoms with Crippen LogP contribution in [0.2, 0.25) is 5.02 Å². The van der Waals surface area contributed by atoms with E-state index in [1.165, 1.54) is 0 Å². The molecule has 0 unspecified atom stereocenters. The smallest absolute Gasteiger partial charge is 0.196 e. The third-order valence-corrected chi connectivity index (χ3v) is 5.89. The molecule has 1 aliphatic rings. The average molecular weight is 402 g/mol. The fourth-order valence-electron chi connectivity index (χ4n) is 3.09. The second kappa shape index (κ2) is 8.33. The molecule has 3 aromatic rings. The molecule has 0 radical (unpaired) electrons. The van der Waals surface area contributed by atoms with E-state index >= 15 is 0 Å². The Morgan fingerprint density at radius 1 is 1.19 bits per heavy atom. The molecule has 0 aliphatic carbocycles. The molecule has 27 heavy (non-hydrogen) atoms. The van der Waals surface area contributed by atoms with E-state index in [4.69, 9.17) is 21.1 Å². The average Bonchev–Trinajstić information content (AvgIpc) is 3.36. The van der Waals surface area contributed by atoms with Gasteiger partial charge in [0.25, 0.3) is 0 Å². The van der Waals surface area contributed by atoms with Crippen molar-refractivity contribution in [2.24, 2.45) is 0 Å². The Morgan fingerprint density at radius 2 is 2.00 bits per heavy atom. The van der Waals surface area contributed by atoms with Crippen molar-refractivity contribution < 1.29 is 9.47 Å². The largest absolute Gasteiger partial charge is 0.497 e. The molecule has 1 fully saturated rings. The van der Waals surface area contributed by atoms with Crippen LogP contribution in [0.3, 0.4) is 0 Å². The second-order valence-electron chi connectivity index (χ2n) is 6.27. The summed E-state index contributed by atoms with van der Waals surface area (Å²) in [6.45, 7) is 0.848. The minimum absolute atomic E-state index is 0.278. The zero-order chi connectivity index (χ0) is 18.6. The van der Waals surface area contributed by atoms with Crippen LogP contribution in [-0.2, 0) is 4.74 Å². The monoisotopic (exact) mass is 401 g/mol. The highest BCUT2D eigenvalue weighted by atomic mass is 35.5. The van der Waals surface area contributed by atoms with Gasteiger partial charge in [0.1, 0.15) is 5.75 Å². The third-order valence-electron chi connectivity index (χ3n) is 4.50. The summed E-state index contributed by atoms with van der Waals surface area (Å²) in [7, 11) is 1.66. The standard InChI is InChI=1S/C20H20ClN3O2S/c1-25-15-10-8-14(9-11-15)24-19(17-6-2-3-7-18(17)21)22-23-20(24)27-13-16-5-4-12-26-16/h2-3,6-11,16H,4-5,12-13H2,1H3/t16-/m1/s1. The van der Waals surface area contributed by atoms with E-state index < -0.39 is 0 Å². The van der Waals surface area contributed by atoms with E-state index in [-0.39, 0.29) is 6.10 Å². The van der Waals surface area contributed by atoms with Crippen LogP contribution >= 0.6 is 23.4 Å². The molecule has 0 N–H and O–H groups in total. The Hall–Kier alpha value is -2.02. The molecule has 2 heterocycles. The van der Waals surface area contributed by atoms with Crippen LogP contribution in [0.4, 0.5) is 0 Å². The Bertz CT molecular complexity index is 908. The number of hydrogen-bond donors (Lipinski definition) is 0. The molecular weight excluding hydrogens is 382 g/mol. The Morgan fingerprint density at radius 3 is 2.70 bits per heavy atom. The van der Waals surface area contributed by atoms with Crippen LogP contribution in [0, 0.1) is 0 Å². The number of thioether (sulfide) groups is 1. The van der Waals surface area contributed by atoms with Crippen molar-refractivity contribution in [3.05, 3.63) is 53.6 Å². The number of rotatable bonds is 6. The summed E-state index contributed by atoms with van der Waals surface area (Å²) in [6.07, 6.45) is 2.50. The molecule has 1 aliphatic heterocycles. The summed E-state index contributed by atoms with van der Waals surface area (Å²) in [5.74, 6) is 2.39. The molecule has 0 bridgehead atoms. The zero-order valence-electron chi connectivity index (χ0n) is 15.0. The van der Waals surface area contributed by atoms with Gasteiger partial charge in [0.05, 0.1) is 18.2 Å². The van der Waals surface area contributed by atoms with Crippen molar-refractivity contribution in [2.75, 3.05) is 19.5 Å². The van der Waals surface area contributed by atoms with Crippen LogP contribution < -0.4 is 4.74 Å². The van der Waals surface area contributed by atoms with Crippen molar-refractivity contribution >= 4 is 23.4 Å². The first-order chi connectivity index (χ1) is 13.3. The molecule has 1 atom stereocenters. The first-order valence-electron chi connectivity index (χ1n) is 8.85. The summed E-state index contributed by atoms with van der Waals surface area (Å²) in [6, 6.07) is 15.5. The quantitative estimate of drug-likeness (QED) is 0.551. The van der Waals surface area contributed by atoms with Crippen LogP contribution in [0.25, 0.3) is 17.1 Å². The lowest BCUT2D eigenvalue weighted by Gasteiger charge is -2.13. The lowest BCUT2D eigenvalue weighted by molar-refractivity contribution is 0.129. The topological polar surface area (TPSA) is 49.2 Å². The maximum atomic E-state index is 6.43. The molecule has 2 aromatic carbocycles. The molecule has 1 saturated heterocycles. The predicted molar refractivity (Wildman–Crippen MR) is 108 cm³/mol. The minimum Gasteiger partial charge on any atom is -0.497 e. The van der Waals surface area contributed by atoms with Gasteiger partial charge < -0.3 is 9.47 Å². The van der Waals surface area contributed by atoms with E-state index in [2.05, 4.69) is 10.2 Å². The fourth-order valence-corrected chi connectivity index (χ4v) is 4.33. The van der Waals surface area contributed by atoms with Crippen LogP contribution in [0.15, 0.2) is 53.7 Å². The van der Waals surface area contributed by atoms with Crippen molar-refractivity contribution in [1.29, 1.82) is 0 Å². The summed E-state index contributed by atoms with van der Waals surface area (Å²) in [5, 5.41) is 10.4. The highest BCUT2D eigenvalue weighted by Crippen LogP contribution is 2.33.